The molecule has 0 spiro atoms. The van der Waals surface area contributed by atoms with E-state index in [0.717, 1.165) is 18.4 Å². The Balaban J connectivity index is 1.55. The number of amides is 2. The van der Waals surface area contributed by atoms with Crippen molar-refractivity contribution in [1.29, 1.82) is 0 Å². The van der Waals surface area contributed by atoms with Gasteiger partial charge in [0.2, 0.25) is 11.7 Å². The molecular formula is C20H18ClFN4O2. The number of hydrogen-bond acceptors (Lipinski definition) is 4. The topological polar surface area (TPSA) is 71.3 Å². The van der Waals surface area contributed by atoms with Crippen molar-refractivity contribution in [3.63, 3.8) is 0 Å². The SMILES string of the molecule is O=C(Nc1ccccc1F)N1CCCCC1c1nc(-c2ccc(Cl)cc2)no1. The van der Waals surface area contributed by atoms with Gasteiger partial charge in [0.05, 0.1) is 5.69 Å². The Hall–Kier alpha value is -2.93. The molecule has 1 aromatic heterocycles. The summed E-state index contributed by atoms with van der Waals surface area (Å²) >= 11 is 5.92. The summed E-state index contributed by atoms with van der Waals surface area (Å²) in [6.07, 6.45) is 2.50. The minimum atomic E-state index is -0.479. The van der Waals surface area contributed by atoms with Crippen LogP contribution in [0.1, 0.15) is 31.2 Å². The highest BCUT2D eigenvalue weighted by Gasteiger charge is 2.32. The lowest BCUT2D eigenvalue weighted by Gasteiger charge is -2.33. The number of anilines is 1. The van der Waals surface area contributed by atoms with Crippen molar-refractivity contribution < 1.29 is 13.7 Å². The molecule has 0 aliphatic carbocycles. The fourth-order valence-electron chi connectivity index (χ4n) is 3.27. The highest BCUT2D eigenvalue weighted by atomic mass is 35.5. The number of likely N-dealkylation sites (tertiary alicyclic amines) is 1. The van der Waals surface area contributed by atoms with Gasteiger partial charge >= 0.3 is 6.03 Å². The van der Waals surface area contributed by atoms with E-state index in [2.05, 4.69) is 15.5 Å². The summed E-state index contributed by atoms with van der Waals surface area (Å²) in [5.41, 5.74) is 0.918. The first-order chi connectivity index (χ1) is 13.6. The highest BCUT2D eigenvalue weighted by molar-refractivity contribution is 6.30. The van der Waals surface area contributed by atoms with Gasteiger partial charge in [-0.2, -0.15) is 4.98 Å². The summed E-state index contributed by atoms with van der Waals surface area (Å²) in [5, 5.41) is 7.29. The van der Waals surface area contributed by atoms with E-state index >= 15 is 0 Å². The Morgan fingerprint density at radius 2 is 1.96 bits per heavy atom. The second-order valence-corrected chi connectivity index (χ2v) is 7.01. The molecule has 6 nitrogen and oxygen atoms in total. The number of benzene rings is 2. The van der Waals surface area contributed by atoms with Crippen LogP contribution in [0, 0.1) is 5.82 Å². The van der Waals surface area contributed by atoms with Crippen molar-refractivity contribution in [2.75, 3.05) is 11.9 Å². The van der Waals surface area contributed by atoms with Gasteiger partial charge < -0.3 is 14.7 Å². The average molecular weight is 401 g/mol. The number of halogens is 2. The van der Waals surface area contributed by atoms with Crippen LogP contribution in [-0.4, -0.2) is 27.6 Å². The number of urea groups is 1. The Bertz CT molecular complexity index is 976. The molecule has 2 amide bonds. The van der Waals surface area contributed by atoms with Crippen LogP contribution in [0.5, 0.6) is 0 Å². The van der Waals surface area contributed by atoms with E-state index in [4.69, 9.17) is 16.1 Å². The highest BCUT2D eigenvalue weighted by Crippen LogP contribution is 2.32. The fourth-order valence-corrected chi connectivity index (χ4v) is 3.39. The fraction of sp³-hybridized carbons (Fsp3) is 0.250. The number of para-hydroxylation sites is 1. The number of rotatable bonds is 3. The molecule has 2 aromatic carbocycles. The summed E-state index contributed by atoms with van der Waals surface area (Å²) in [7, 11) is 0. The minimum Gasteiger partial charge on any atom is -0.337 e. The lowest BCUT2D eigenvalue weighted by Crippen LogP contribution is -2.41. The van der Waals surface area contributed by atoms with Gasteiger partial charge in [-0.15, -0.1) is 0 Å². The second kappa shape index (κ2) is 7.98. The molecule has 1 aliphatic rings. The van der Waals surface area contributed by atoms with Crippen molar-refractivity contribution in [2.24, 2.45) is 0 Å². The van der Waals surface area contributed by atoms with Gasteiger partial charge in [0, 0.05) is 17.1 Å². The molecule has 1 aliphatic heterocycles. The number of carbonyl (C=O) groups is 1. The number of nitrogens with zero attached hydrogens (tertiary/aromatic N) is 3. The predicted octanol–water partition coefficient (Wildman–Crippen LogP) is 5.29. The van der Waals surface area contributed by atoms with Crippen LogP contribution in [-0.2, 0) is 0 Å². The average Bonchev–Trinajstić information content (AvgIpc) is 3.20. The molecule has 0 radical (unpaired) electrons. The number of nitrogens with one attached hydrogen (secondary N) is 1. The number of hydrogen-bond donors (Lipinski definition) is 1. The third-order valence-electron chi connectivity index (χ3n) is 4.71. The third-order valence-corrected chi connectivity index (χ3v) is 4.96. The summed E-state index contributed by atoms with van der Waals surface area (Å²) in [5.74, 6) is 0.326. The van der Waals surface area contributed by atoms with Crippen molar-refractivity contribution in [3.8, 4) is 11.4 Å². The normalized spacial score (nSPS) is 16.8. The molecular weight excluding hydrogens is 383 g/mol. The van der Waals surface area contributed by atoms with E-state index in [9.17, 15) is 9.18 Å². The number of carbonyl (C=O) groups excluding carboxylic acids is 1. The van der Waals surface area contributed by atoms with E-state index in [-0.39, 0.29) is 17.8 Å². The minimum absolute atomic E-state index is 0.143. The van der Waals surface area contributed by atoms with Crippen LogP contribution < -0.4 is 5.32 Å². The van der Waals surface area contributed by atoms with Crippen molar-refractivity contribution >= 4 is 23.3 Å². The first-order valence-corrected chi connectivity index (χ1v) is 9.41. The molecule has 1 unspecified atom stereocenters. The third kappa shape index (κ3) is 3.84. The van der Waals surface area contributed by atoms with E-state index in [0.29, 0.717) is 29.7 Å². The molecule has 1 fully saturated rings. The lowest BCUT2D eigenvalue weighted by atomic mass is 10.0. The monoisotopic (exact) mass is 400 g/mol. The molecule has 1 saturated heterocycles. The first kappa shape index (κ1) is 18.4. The zero-order chi connectivity index (χ0) is 19.5. The van der Waals surface area contributed by atoms with E-state index in [1.165, 1.54) is 12.1 Å². The summed E-state index contributed by atoms with van der Waals surface area (Å²) in [6, 6.07) is 12.4. The zero-order valence-corrected chi connectivity index (χ0v) is 15.7. The molecule has 8 heteroatoms. The molecule has 2 heterocycles. The summed E-state index contributed by atoms with van der Waals surface area (Å²) in [4.78, 5) is 18.9. The van der Waals surface area contributed by atoms with Gasteiger partial charge in [-0.3, -0.25) is 0 Å². The maximum atomic E-state index is 13.9. The van der Waals surface area contributed by atoms with E-state index in [1.807, 2.05) is 0 Å². The van der Waals surface area contributed by atoms with E-state index in [1.54, 1.807) is 41.3 Å². The van der Waals surface area contributed by atoms with Gasteiger partial charge in [-0.25, -0.2) is 9.18 Å². The van der Waals surface area contributed by atoms with E-state index < -0.39 is 5.82 Å². The van der Waals surface area contributed by atoms with Crippen LogP contribution in [0.2, 0.25) is 5.02 Å². The Labute approximate surface area is 166 Å². The first-order valence-electron chi connectivity index (χ1n) is 9.03. The van der Waals surface area contributed by atoms with Gasteiger partial charge in [-0.1, -0.05) is 28.9 Å². The Kier molecular flexibility index (Phi) is 5.25. The number of aromatic nitrogens is 2. The molecule has 1 atom stereocenters. The van der Waals surface area contributed by atoms with Crippen molar-refractivity contribution in [3.05, 3.63) is 65.3 Å². The summed E-state index contributed by atoms with van der Waals surface area (Å²) < 4.78 is 19.3. The molecule has 0 saturated carbocycles. The predicted molar refractivity (Wildman–Crippen MR) is 103 cm³/mol. The quantitative estimate of drug-likeness (QED) is 0.648. The standard InChI is InChI=1S/C20H18ClFN4O2/c21-14-10-8-13(9-11-14)18-24-19(28-25-18)17-7-3-4-12-26(17)20(27)23-16-6-2-1-5-15(16)22/h1-2,5-6,8-11,17H,3-4,7,12H2,(H,23,27). The maximum absolute atomic E-state index is 13.9. The second-order valence-electron chi connectivity index (χ2n) is 6.58. The maximum Gasteiger partial charge on any atom is 0.322 e. The lowest BCUT2D eigenvalue weighted by molar-refractivity contribution is 0.142. The van der Waals surface area contributed by atoms with Crippen LogP contribution in [0.25, 0.3) is 11.4 Å². The molecule has 0 bridgehead atoms. The zero-order valence-electron chi connectivity index (χ0n) is 14.9. The molecule has 1 N–H and O–H groups in total. The summed E-state index contributed by atoms with van der Waals surface area (Å²) in [6.45, 7) is 0.531. The Morgan fingerprint density at radius 1 is 1.18 bits per heavy atom. The molecule has 3 aromatic rings. The Morgan fingerprint density at radius 3 is 2.75 bits per heavy atom. The molecule has 4 rings (SSSR count). The van der Waals surface area contributed by atoms with Crippen LogP contribution in [0.15, 0.2) is 53.1 Å². The smallest absolute Gasteiger partial charge is 0.322 e. The van der Waals surface area contributed by atoms with Gasteiger partial charge in [0.25, 0.3) is 0 Å². The van der Waals surface area contributed by atoms with Gasteiger partial charge in [0.15, 0.2) is 0 Å². The number of piperidine rings is 1. The van der Waals surface area contributed by atoms with Crippen LogP contribution in [0.4, 0.5) is 14.9 Å². The van der Waals surface area contributed by atoms with Gasteiger partial charge in [-0.05, 0) is 55.7 Å². The largest absolute Gasteiger partial charge is 0.337 e. The van der Waals surface area contributed by atoms with Crippen LogP contribution in [0.3, 0.4) is 0 Å². The van der Waals surface area contributed by atoms with Crippen LogP contribution >= 0.6 is 11.6 Å². The van der Waals surface area contributed by atoms with Gasteiger partial charge in [0.1, 0.15) is 11.9 Å². The van der Waals surface area contributed by atoms with Crippen molar-refractivity contribution in [2.45, 2.75) is 25.3 Å². The van der Waals surface area contributed by atoms with Crippen molar-refractivity contribution in [1.82, 2.24) is 15.0 Å². The molecule has 28 heavy (non-hydrogen) atoms. The molecule has 144 valence electrons.